The van der Waals surface area contributed by atoms with Gasteiger partial charge in [-0.1, -0.05) is 24.3 Å². The molecule has 36 heavy (non-hydrogen) atoms. The number of carbonyl (C=O) groups is 2. The minimum absolute atomic E-state index is 0.0420. The average molecular weight is 527 g/mol. The number of H-pyrrole nitrogens is 1. The Bertz CT molecular complexity index is 1600. The largest absolute Gasteiger partial charge is 0.478 e. The molecule has 0 aliphatic heterocycles. The number of hydrogen-bond donors (Lipinski definition) is 2. The predicted molar refractivity (Wildman–Crippen MR) is 134 cm³/mol. The van der Waals surface area contributed by atoms with Crippen LogP contribution in [-0.4, -0.2) is 41.5 Å². The maximum Gasteiger partial charge on any atom is 0.335 e. The van der Waals surface area contributed by atoms with Crippen LogP contribution in [0.2, 0.25) is 0 Å². The summed E-state index contributed by atoms with van der Waals surface area (Å²) in [7, 11) is -3.35. The Balaban J connectivity index is 1.41. The van der Waals surface area contributed by atoms with E-state index in [1.807, 2.05) is 0 Å². The molecule has 2 aromatic carbocycles. The minimum atomic E-state index is -3.35. The smallest absolute Gasteiger partial charge is 0.335 e. The van der Waals surface area contributed by atoms with Crippen molar-refractivity contribution >= 4 is 43.1 Å². The van der Waals surface area contributed by atoms with Crippen molar-refractivity contribution in [2.24, 2.45) is 0 Å². The Morgan fingerprint density at radius 3 is 2.53 bits per heavy atom. The van der Waals surface area contributed by atoms with Crippen LogP contribution in [-0.2, 0) is 34.2 Å². The number of aryl methyl sites for hydroxylation is 1. The minimum Gasteiger partial charge on any atom is -0.478 e. The summed E-state index contributed by atoms with van der Waals surface area (Å²) in [5, 5.41) is 11.1. The third-order valence-corrected chi connectivity index (χ3v) is 7.51. The standard InChI is InChI=1S/C25H22N2O7S2/c1-36(32,33)19-4-2-3-15(11-19)7-10-20(28)22-26-23(29)21-18(14-35-24(21)27-22)13-34-12-16-5-8-17(9-6-16)25(30)31/h2-6,8-9,11,14H,7,10,12-13H2,1H3,(H,30,31)(H,26,27,29). The summed E-state index contributed by atoms with van der Waals surface area (Å²) >= 11 is 1.23. The van der Waals surface area contributed by atoms with E-state index in [0.29, 0.717) is 27.8 Å². The molecular formula is C25H22N2O7S2. The number of hydrogen-bond acceptors (Lipinski definition) is 8. The fourth-order valence-electron chi connectivity index (χ4n) is 3.58. The van der Waals surface area contributed by atoms with E-state index in [1.165, 1.54) is 35.6 Å². The number of carboxylic acids is 1. The molecule has 4 rings (SSSR count). The molecule has 2 aromatic heterocycles. The van der Waals surface area contributed by atoms with Gasteiger partial charge in [0.05, 0.1) is 29.1 Å². The molecule has 2 N–H and O–H groups in total. The van der Waals surface area contributed by atoms with Crippen molar-refractivity contribution in [2.45, 2.75) is 31.0 Å². The van der Waals surface area contributed by atoms with Crippen LogP contribution in [0.25, 0.3) is 10.2 Å². The lowest BCUT2D eigenvalue weighted by Crippen LogP contribution is -2.16. The van der Waals surface area contributed by atoms with Gasteiger partial charge >= 0.3 is 5.97 Å². The molecular weight excluding hydrogens is 504 g/mol. The third kappa shape index (κ3) is 5.93. The number of aromatic amines is 1. The van der Waals surface area contributed by atoms with Crippen LogP contribution in [0.3, 0.4) is 0 Å². The maximum atomic E-state index is 12.7. The number of aromatic carboxylic acids is 1. The fraction of sp³-hybridized carbons (Fsp3) is 0.200. The Labute approximate surface area is 210 Å². The molecule has 2 heterocycles. The average Bonchev–Trinajstić information content (AvgIpc) is 3.26. The zero-order valence-corrected chi connectivity index (χ0v) is 20.8. The second-order valence-corrected chi connectivity index (χ2v) is 11.1. The first-order chi connectivity index (χ1) is 17.1. The summed E-state index contributed by atoms with van der Waals surface area (Å²) in [6.07, 6.45) is 1.49. The van der Waals surface area contributed by atoms with E-state index < -0.39 is 21.4 Å². The quantitative estimate of drug-likeness (QED) is 0.298. The molecule has 0 unspecified atom stereocenters. The Kier molecular flexibility index (Phi) is 7.43. The lowest BCUT2D eigenvalue weighted by Gasteiger charge is -2.05. The van der Waals surface area contributed by atoms with Crippen LogP contribution >= 0.6 is 11.3 Å². The highest BCUT2D eigenvalue weighted by Gasteiger charge is 2.16. The molecule has 4 aromatic rings. The highest BCUT2D eigenvalue weighted by atomic mass is 32.2. The first kappa shape index (κ1) is 25.4. The number of nitrogens with zero attached hydrogens (tertiary/aromatic N) is 1. The summed E-state index contributed by atoms with van der Waals surface area (Å²) in [5.74, 6) is -1.40. The number of carbonyl (C=O) groups excluding carboxylic acids is 1. The van der Waals surface area contributed by atoms with Crippen LogP contribution in [0.1, 0.15) is 44.1 Å². The molecule has 0 spiro atoms. The van der Waals surface area contributed by atoms with E-state index in [-0.39, 0.29) is 41.7 Å². The van der Waals surface area contributed by atoms with Crippen LogP contribution in [0.15, 0.2) is 63.6 Å². The molecule has 0 aliphatic carbocycles. The van der Waals surface area contributed by atoms with Crippen molar-refractivity contribution in [3.05, 3.63) is 92.3 Å². The van der Waals surface area contributed by atoms with Gasteiger partial charge in [0.15, 0.2) is 21.4 Å². The van der Waals surface area contributed by atoms with Crippen molar-refractivity contribution < 1.29 is 27.9 Å². The monoisotopic (exact) mass is 526 g/mol. The number of benzene rings is 2. The molecule has 11 heteroatoms. The van der Waals surface area contributed by atoms with E-state index in [0.717, 1.165) is 11.8 Å². The number of fused-ring (bicyclic) bond motifs is 1. The summed E-state index contributed by atoms with van der Waals surface area (Å²) in [4.78, 5) is 43.9. The summed E-state index contributed by atoms with van der Waals surface area (Å²) in [6, 6.07) is 12.7. The van der Waals surface area contributed by atoms with E-state index in [2.05, 4.69) is 9.97 Å². The molecule has 0 atom stereocenters. The van der Waals surface area contributed by atoms with Gasteiger partial charge in [-0.15, -0.1) is 11.3 Å². The fourth-order valence-corrected chi connectivity index (χ4v) is 5.19. The van der Waals surface area contributed by atoms with E-state index in [4.69, 9.17) is 9.84 Å². The number of ether oxygens (including phenoxy) is 1. The number of Topliss-reactive ketones (excluding diaryl/α,β-unsaturated/α-hetero) is 1. The van der Waals surface area contributed by atoms with Gasteiger partial charge in [0.1, 0.15) is 4.83 Å². The first-order valence-corrected chi connectivity index (χ1v) is 13.6. The van der Waals surface area contributed by atoms with E-state index in [9.17, 15) is 22.8 Å². The zero-order chi connectivity index (χ0) is 25.9. The van der Waals surface area contributed by atoms with Gasteiger partial charge in [-0.3, -0.25) is 9.59 Å². The first-order valence-electron chi connectivity index (χ1n) is 10.8. The van der Waals surface area contributed by atoms with Gasteiger partial charge in [0, 0.05) is 18.2 Å². The van der Waals surface area contributed by atoms with Crippen molar-refractivity contribution in [1.82, 2.24) is 9.97 Å². The highest BCUT2D eigenvalue weighted by Crippen LogP contribution is 2.23. The summed E-state index contributed by atoms with van der Waals surface area (Å²) in [6.45, 7) is 0.384. The molecule has 0 saturated heterocycles. The van der Waals surface area contributed by atoms with Crippen molar-refractivity contribution in [3.63, 3.8) is 0 Å². The van der Waals surface area contributed by atoms with Gasteiger partial charge in [0.2, 0.25) is 0 Å². The van der Waals surface area contributed by atoms with Gasteiger partial charge in [0.25, 0.3) is 5.56 Å². The summed E-state index contributed by atoms with van der Waals surface area (Å²) in [5.41, 5.74) is 1.88. The second-order valence-electron chi connectivity index (χ2n) is 8.19. The molecule has 0 radical (unpaired) electrons. The van der Waals surface area contributed by atoms with Crippen molar-refractivity contribution in [2.75, 3.05) is 6.26 Å². The Hall–Kier alpha value is -3.67. The Morgan fingerprint density at radius 1 is 1.08 bits per heavy atom. The molecule has 9 nitrogen and oxygen atoms in total. The molecule has 0 saturated carbocycles. The van der Waals surface area contributed by atoms with Crippen molar-refractivity contribution in [1.29, 1.82) is 0 Å². The normalized spacial score (nSPS) is 11.6. The summed E-state index contributed by atoms with van der Waals surface area (Å²) < 4.78 is 29.2. The van der Waals surface area contributed by atoms with Crippen LogP contribution in [0, 0.1) is 0 Å². The second kappa shape index (κ2) is 10.5. The lowest BCUT2D eigenvalue weighted by molar-refractivity contribution is 0.0696. The van der Waals surface area contributed by atoms with E-state index in [1.54, 1.807) is 29.6 Å². The van der Waals surface area contributed by atoms with Crippen LogP contribution < -0.4 is 5.56 Å². The lowest BCUT2D eigenvalue weighted by atomic mass is 10.1. The molecule has 0 amide bonds. The number of nitrogens with one attached hydrogen (secondary N) is 1. The van der Waals surface area contributed by atoms with Gasteiger partial charge < -0.3 is 14.8 Å². The molecule has 0 aliphatic rings. The topological polar surface area (TPSA) is 143 Å². The molecule has 0 bridgehead atoms. The van der Waals surface area contributed by atoms with Crippen LogP contribution in [0.5, 0.6) is 0 Å². The SMILES string of the molecule is CS(=O)(=O)c1cccc(CCC(=O)c2nc3scc(COCc4ccc(C(=O)O)cc4)c3c(=O)[nH]2)c1. The number of ketones is 1. The van der Waals surface area contributed by atoms with Gasteiger partial charge in [-0.25, -0.2) is 18.2 Å². The maximum absolute atomic E-state index is 12.7. The molecule has 0 fully saturated rings. The third-order valence-electron chi connectivity index (χ3n) is 5.48. The van der Waals surface area contributed by atoms with Crippen molar-refractivity contribution in [3.8, 4) is 0 Å². The predicted octanol–water partition coefficient (Wildman–Crippen LogP) is 3.62. The van der Waals surface area contributed by atoms with Crippen LogP contribution in [0.4, 0.5) is 0 Å². The molecule has 186 valence electrons. The van der Waals surface area contributed by atoms with E-state index >= 15 is 0 Å². The number of rotatable bonds is 10. The Morgan fingerprint density at radius 2 is 1.83 bits per heavy atom. The number of thiophene rings is 1. The van der Waals surface area contributed by atoms with Gasteiger partial charge in [-0.2, -0.15) is 0 Å². The number of carboxylic acid groups (broad SMARTS) is 1. The highest BCUT2D eigenvalue weighted by molar-refractivity contribution is 7.90. The number of sulfone groups is 1. The van der Waals surface area contributed by atoms with Gasteiger partial charge in [-0.05, 0) is 47.2 Å². The zero-order valence-electron chi connectivity index (χ0n) is 19.2. The number of aromatic nitrogens is 2.